The molecule has 144 valence electrons. The first kappa shape index (κ1) is 18.5. The second kappa shape index (κ2) is 7.31. The number of carbonyl (C=O) groups excluding carboxylic acids is 2. The predicted octanol–water partition coefficient (Wildman–Crippen LogP) is 4.21. The van der Waals surface area contributed by atoms with Crippen LogP contribution in [-0.2, 0) is 6.42 Å². The van der Waals surface area contributed by atoms with Gasteiger partial charge in [0.1, 0.15) is 27.5 Å². The fourth-order valence-corrected chi connectivity index (χ4v) is 3.82. The number of nitrogens with one attached hydrogen (secondary N) is 1. The molecule has 9 heteroatoms. The van der Waals surface area contributed by atoms with E-state index >= 15 is 0 Å². The number of hydrogen-bond acceptors (Lipinski definition) is 5. The second-order valence-corrected chi connectivity index (χ2v) is 7.70. The third kappa shape index (κ3) is 3.75. The normalized spacial score (nSPS) is 13.7. The van der Waals surface area contributed by atoms with Gasteiger partial charge >= 0.3 is 0 Å². The number of benzene rings is 1. The van der Waals surface area contributed by atoms with Crippen molar-refractivity contribution in [1.82, 2.24) is 15.2 Å². The summed E-state index contributed by atoms with van der Waals surface area (Å²) in [6.45, 7) is 0. The lowest BCUT2D eigenvalue weighted by Crippen LogP contribution is -2.07. The van der Waals surface area contributed by atoms with Gasteiger partial charge in [-0.2, -0.15) is 0 Å². The number of carbonyl (C=O) groups is 2. The van der Waals surface area contributed by atoms with Crippen LogP contribution in [-0.4, -0.2) is 26.7 Å². The first-order chi connectivity index (χ1) is 13.4. The number of rotatable bonds is 7. The number of H-pyrrole nitrogens is 1. The average Bonchev–Trinajstić information content (AvgIpc) is 3.18. The summed E-state index contributed by atoms with van der Waals surface area (Å²) in [7, 11) is 0. The lowest BCUT2D eigenvalue weighted by Gasteiger charge is -2.02. The molecule has 3 aromatic rings. The van der Waals surface area contributed by atoms with Crippen molar-refractivity contribution in [3.63, 3.8) is 0 Å². The summed E-state index contributed by atoms with van der Waals surface area (Å²) in [6, 6.07) is 2.11. The molecule has 1 aliphatic carbocycles. The zero-order valence-electron chi connectivity index (χ0n) is 14.5. The van der Waals surface area contributed by atoms with Gasteiger partial charge in [0.25, 0.3) is 0 Å². The molecule has 0 amide bonds. The molecule has 0 saturated heterocycles. The number of nitrogens with zero attached hydrogens (tertiary/aromatic N) is 2. The molecule has 0 aliphatic heterocycles. The quantitative estimate of drug-likeness (QED) is 0.598. The van der Waals surface area contributed by atoms with Gasteiger partial charge in [-0.1, -0.05) is 0 Å². The highest BCUT2D eigenvalue weighted by molar-refractivity contribution is 7.11. The van der Waals surface area contributed by atoms with E-state index in [0.717, 1.165) is 22.9 Å². The Kier molecular flexibility index (Phi) is 4.84. The van der Waals surface area contributed by atoms with E-state index in [2.05, 4.69) is 15.2 Å². The van der Waals surface area contributed by atoms with Crippen LogP contribution in [0.5, 0.6) is 0 Å². The van der Waals surface area contributed by atoms with E-state index < -0.39 is 28.8 Å². The van der Waals surface area contributed by atoms with E-state index in [1.54, 1.807) is 0 Å². The Bertz CT molecular complexity index is 1050. The molecule has 2 aromatic heterocycles. The van der Waals surface area contributed by atoms with E-state index in [-0.39, 0.29) is 23.5 Å². The molecule has 2 heterocycles. The number of aryl methyl sites for hydroxylation is 1. The van der Waals surface area contributed by atoms with Gasteiger partial charge in [-0.15, -0.1) is 21.5 Å². The van der Waals surface area contributed by atoms with Gasteiger partial charge in [-0.25, -0.2) is 13.2 Å². The van der Waals surface area contributed by atoms with Gasteiger partial charge in [0.05, 0.1) is 11.3 Å². The Morgan fingerprint density at radius 2 is 1.82 bits per heavy atom. The first-order valence-electron chi connectivity index (χ1n) is 8.65. The van der Waals surface area contributed by atoms with Crippen LogP contribution in [0.15, 0.2) is 24.4 Å². The van der Waals surface area contributed by atoms with E-state index in [4.69, 9.17) is 0 Å². The van der Waals surface area contributed by atoms with Crippen molar-refractivity contribution in [1.29, 1.82) is 0 Å². The van der Waals surface area contributed by atoms with Gasteiger partial charge in [-0.05, 0) is 18.9 Å². The van der Waals surface area contributed by atoms with E-state index in [1.807, 2.05) is 0 Å². The molecule has 1 N–H and O–H groups in total. The van der Waals surface area contributed by atoms with Gasteiger partial charge in [0, 0.05) is 42.7 Å². The molecule has 28 heavy (non-hydrogen) atoms. The standard InChI is InChI=1S/C19H14F3N3O2S/c20-11-6-12(21)17(13(22)7-11)18(27)10-5-14(23-8-10)15(26)3-4-16-24-25-19(28-16)9-1-2-9/h5-9,23H,1-4H2. The lowest BCUT2D eigenvalue weighted by molar-refractivity contribution is 0.0978. The van der Waals surface area contributed by atoms with Crippen molar-refractivity contribution in [2.45, 2.75) is 31.6 Å². The summed E-state index contributed by atoms with van der Waals surface area (Å²) in [4.78, 5) is 27.3. The number of Topliss-reactive ketones (excluding diaryl/α,β-unsaturated/α-hetero) is 1. The molecule has 4 rings (SSSR count). The molecule has 1 fully saturated rings. The third-order valence-electron chi connectivity index (χ3n) is 4.45. The summed E-state index contributed by atoms with van der Waals surface area (Å²) in [5.41, 5.74) is -0.793. The number of hydrogen-bond donors (Lipinski definition) is 1. The van der Waals surface area contributed by atoms with Crippen LogP contribution in [0.2, 0.25) is 0 Å². The smallest absolute Gasteiger partial charge is 0.200 e. The van der Waals surface area contributed by atoms with Crippen molar-refractivity contribution < 1.29 is 22.8 Å². The number of halogens is 3. The third-order valence-corrected chi connectivity index (χ3v) is 5.60. The minimum Gasteiger partial charge on any atom is -0.358 e. The van der Waals surface area contributed by atoms with Gasteiger partial charge in [0.15, 0.2) is 11.6 Å². The Morgan fingerprint density at radius 1 is 1.11 bits per heavy atom. The van der Waals surface area contributed by atoms with Crippen molar-refractivity contribution in [2.24, 2.45) is 0 Å². The highest BCUT2D eigenvalue weighted by Crippen LogP contribution is 2.41. The first-order valence-corrected chi connectivity index (χ1v) is 9.47. The fraction of sp³-hybridized carbons (Fsp3) is 0.263. The minimum atomic E-state index is -1.29. The Morgan fingerprint density at radius 3 is 2.50 bits per heavy atom. The average molecular weight is 405 g/mol. The van der Waals surface area contributed by atoms with Crippen LogP contribution in [0.3, 0.4) is 0 Å². The summed E-state index contributed by atoms with van der Waals surface area (Å²) >= 11 is 1.50. The SMILES string of the molecule is O=C(CCc1nnc(C2CC2)s1)c1cc(C(=O)c2c(F)cc(F)cc2F)c[nH]1. The molecular formula is C19H14F3N3O2S. The maximum atomic E-state index is 13.8. The topological polar surface area (TPSA) is 75.7 Å². The number of ketones is 2. The Labute approximate surface area is 161 Å². The van der Waals surface area contributed by atoms with E-state index in [0.29, 0.717) is 24.5 Å². The lowest BCUT2D eigenvalue weighted by atomic mass is 10.0. The summed E-state index contributed by atoms with van der Waals surface area (Å²) in [6.07, 6.45) is 4.04. The van der Waals surface area contributed by atoms with Crippen molar-refractivity contribution >= 4 is 22.9 Å². The molecule has 1 saturated carbocycles. The van der Waals surface area contributed by atoms with Gasteiger partial charge < -0.3 is 4.98 Å². The van der Waals surface area contributed by atoms with Crippen molar-refractivity contribution in [3.05, 3.63) is 68.7 Å². The van der Waals surface area contributed by atoms with Crippen LogP contribution in [0, 0.1) is 17.5 Å². The highest BCUT2D eigenvalue weighted by Gasteiger charge is 2.27. The summed E-state index contributed by atoms with van der Waals surface area (Å²) < 4.78 is 40.6. The van der Waals surface area contributed by atoms with Crippen molar-refractivity contribution in [3.8, 4) is 0 Å². The van der Waals surface area contributed by atoms with Crippen LogP contribution in [0.25, 0.3) is 0 Å². The molecule has 0 atom stereocenters. The van der Waals surface area contributed by atoms with Gasteiger partial charge in [0.2, 0.25) is 0 Å². The van der Waals surface area contributed by atoms with Gasteiger partial charge in [-0.3, -0.25) is 9.59 Å². The largest absolute Gasteiger partial charge is 0.358 e. The van der Waals surface area contributed by atoms with E-state index in [1.165, 1.54) is 23.6 Å². The monoisotopic (exact) mass is 405 g/mol. The molecule has 0 radical (unpaired) electrons. The molecule has 1 aromatic carbocycles. The van der Waals surface area contributed by atoms with Crippen molar-refractivity contribution in [2.75, 3.05) is 0 Å². The maximum absolute atomic E-state index is 13.8. The summed E-state index contributed by atoms with van der Waals surface area (Å²) in [5.74, 6) is -4.42. The molecule has 0 bridgehead atoms. The summed E-state index contributed by atoms with van der Waals surface area (Å²) in [5, 5.41) is 9.97. The number of aromatic nitrogens is 3. The molecule has 1 aliphatic rings. The van der Waals surface area contributed by atoms with Crippen LogP contribution in [0.4, 0.5) is 13.2 Å². The molecule has 0 spiro atoms. The zero-order valence-corrected chi connectivity index (χ0v) is 15.3. The molecule has 5 nitrogen and oxygen atoms in total. The Hall–Kier alpha value is -2.81. The molecular weight excluding hydrogens is 391 g/mol. The van der Waals surface area contributed by atoms with Crippen LogP contribution < -0.4 is 0 Å². The number of aromatic amines is 1. The van der Waals surface area contributed by atoms with Crippen LogP contribution in [0.1, 0.15) is 61.6 Å². The molecule has 0 unspecified atom stereocenters. The zero-order chi connectivity index (χ0) is 19.8. The second-order valence-electron chi connectivity index (χ2n) is 6.61. The Balaban J connectivity index is 1.44. The minimum absolute atomic E-state index is 0.0836. The maximum Gasteiger partial charge on any atom is 0.200 e. The highest BCUT2D eigenvalue weighted by atomic mass is 32.1. The van der Waals surface area contributed by atoms with Crippen LogP contribution >= 0.6 is 11.3 Å². The fourth-order valence-electron chi connectivity index (χ4n) is 2.81. The predicted molar refractivity (Wildman–Crippen MR) is 95.1 cm³/mol. The van der Waals surface area contributed by atoms with E-state index in [9.17, 15) is 22.8 Å².